The van der Waals surface area contributed by atoms with Crippen LogP contribution in [0.1, 0.15) is 31.4 Å². The molecule has 6 nitrogen and oxygen atoms in total. The summed E-state index contributed by atoms with van der Waals surface area (Å²) < 4.78 is 5.64. The van der Waals surface area contributed by atoms with Gasteiger partial charge in [-0.1, -0.05) is 34.5 Å². The lowest BCUT2D eigenvalue weighted by Gasteiger charge is -2.21. The molecule has 0 spiro atoms. The minimum atomic E-state index is -0.0672. The van der Waals surface area contributed by atoms with Gasteiger partial charge in [0, 0.05) is 17.7 Å². The second-order valence-electron chi connectivity index (χ2n) is 6.97. The summed E-state index contributed by atoms with van der Waals surface area (Å²) in [6.07, 6.45) is 3.49. The van der Waals surface area contributed by atoms with Gasteiger partial charge in [-0.05, 0) is 44.4 Å². The molecule has 0 unspecified atom stereocenters. The molecule has 1 amide bonds. The smallest absolute Gasteiger partial charge is 0.228 e. The number of amides is 1. The number of anilines is 3. The zero-order valence-corrected chi connectivity index (χ0v) is 19.4. The fourth-order valence-corrected chi connectivity index (χ4v) is 5.20. The summed E-state index contributed by atoms with van der Waals surface area (Å²) in [5.41, 5.74) is 2.45. The molecule has 1 aliphatic rings. The quantitative estimate of drug-likeness (QED) is 0.417. The minimum Gasteiger partial charge on any atom is -0.378 e. The van der Waals surface area contributed by atoms with E-state index in [1.807, 2.05) is 18.4 Å². The lowest BCUT2D eigenvalue weighted by Crippen LogP contribution is -2.25. The topological polar surface area (TPSA) is 76.1 Å². The largest absolute Gasteiger partial charge is 0.378 e. The first-order valence-electron chi connectivity index (χ1n) is 9.55. The van der Waals surface area contributed by atoms with Crippen molar-refractivity contribution in [3.63, 3.8) is 0 Å². The molecule has 1 fully saturated rings. The van der Waals surface area contributed by atoms with E-state index in [4.69, 9.17) is 27.9 Å². The maximum absolute atomic E-state index is 12.3. The Hall–Kier alpha value is -1.71. The molecule has 0 saturated carbocycles. The third kappa shape index (κ3) is 5.31. The number of thiazole rings is 2. The molecule has 0 bridgehead atoms. The van der Waals surface area contributed by atoms with Crippen LogP contribution in [0.2, 0.25) is 10.0 Å². The molecule has 1 atom stereocenters. The molecule has 2 aromatic heterocycles. The van der Waals surface area contributed by atoms with Crippen molar-refractivity contribution in [3.8, 4) is 10.6 Å². The first kappa shape index (κ1) is 21.5. The number of hydrogen-bond acceptors (Lipinski definition) is 7. The number of nitrogens with zero attached hydrogens (tertiary/aromatic N) is 2. The molecule has 158 valence electrons. The number of benzene rings is 1. The van der Waals surface area contributed by atoms with Crippen LogP contribution in [-0.2, 0) is 9.53 Å². The van der Waals surface area contributed by atoms with Gasteiger partial charge in [-0.3, -0.25) is 4.79 Å². The SMILES string of the molecule is Cc1nc(NC(=O)C[C@@H]2CCCCO2)sc1-c1csc(Nc2ccc(Cl)c(Cl)c2)n1. The van der Waals surface area contributed by atoms with Crippen molar-refractivity contribution >= 4 is 67.7 Å². The van der Waals surface area contributed by atoms with Crippen LogP contribution in [0.25, 0.3) is 10.6 Å². The summed E-state index contributed by atoms with van der Waals surface area (Å²) in [7, 11) is 0. The molecule has 0 radical (unpaired) electrons. The number of ether oxygens (including phenoxy) is 1. The molecule has 0 aliphatic carbocycles. The van der Waals surface area contributed by atoms with Gasteiger partial charge in [-0.15, -0.1) is 11.3 Å². The van der Waals surface area contributed by atoms with E-state index < -0.39 is 0 Å². The second-order valence-corrected chi connectivity index (χ2v) is 9.64. The van der Waals surface area contributed by atoms with Crippen molar-refractivity contribution in [2.24, 2.45) is 0 Å². The number of carbonyl (C=O) groups excluding carboxylic acids is 1. The van der Waals surface area contributed by atoms with Crippen molar-refractivity contribution in [2.45, 2.75) is 38.7 Å². The minimum absolute atomic E-state index is 0.00724. The maximum Gasteiger partial charge on any atom is 0.228 e. The zero-order chi connectivity index (χ0) is 21.1. The number of aryl methyl sites for hydroxylation is 1. The van der Waals surface area contributed by atoms with Crippen LogP contribution >= 0.6 is 45.9 Å². The van der Waals surface area contributed by atoms with Gasteiger partial charge in [0.15, 0.2) is 10.3 Å². The Morgan fingerprint density at radius 3 is 2.87 bits per heavy atom. The van der Waals surface area contributed by atoms with E-state index in [0.717, 1.165) is 53.0 Å². The highest BCUT2D eigenvalue weighted by molar-refractivity contribution is 7.20. The highest BCUT2D eigenvalue weighted by atomic mass is 35.5. The first-order valence-corrected chi connectivity index (χ1v) is 12.0. The van der Waals surface area contributed by atoms with Gasteiger partial charge in [0.1, 0.15) is 0 Å². The van der Waals surface area contributed by atoms with E-state index in [9.17, 15) is 4.79 Å². The van der Waals surface area contributed by atoms with E-state index in [1.54, 1.807) is 12.1 Å². The maximum atomic E-state index is 12.3. The number of halogens is 2. The Labute approximate surface area is 192 Å². The standard InChI is InChI=1S/C20H20Cl2N4O2S2/c1-11-18(30-20(23-11)26-17(27)9-13-4-2-3-7-28-13)16-10-29-19(25-16)24-12-5-6-14(21)15(22)8-12/h5-6,8,10,13H,2-4,7,9H2,1H3,(H,24,25)(H,23,26,27)/t13-/m0/s1. The molecule has 4 rings (SSSR count). The number of aromatic nitrogens is 2. The summed E-state index contributed by atoms with van der Waals surface area (Å²) in [5, 5.41) is 10.4. The van der Waals surface area contributed by atoms with Crippen LogP contribution < -0.4 is 10.6 Å². The molecular formula is C20H20Cl2N4O2S2. The molecule has 10 heteroatoms. The lowest BCUT2D eigenvalue weighted by molar-refractivity contribution is -0.119. The summed E-state index contributed by atoms with van der Waals surface area (Å²) in [6.45, 7) is 2.65. The Morgan fingerprint density at radius 1 is 1.23 bits per heavy atom. The number of hydrogen-bond donors (Lipinski definition) is 2. The molecule has 1 saturated heterocycles. The Bertz CT molecular complexity index is 1050. The van der Waals surface area contributed by atoms with Crippen LogP contribution in [0.3, 0.4) is 0 Å². The molecule has 1 aromatic carbocycles. The van der Waals surface area contributed by atoms with E-state index in [1.165, 1.54) is 22.7 Å². The van der Waals surface area contributed by atoms with Gasteiger partial charge in [-0.2, -0.15) is 0 Å². The summed E-state index contributed by atoms with van der Waals surface area (Å²) in [6, 6.07) is 5.34. The van der Waals surface area contributed by atoms with Gasteiger partial charge in [-0.25, -0.2) is 9.97 Å². The van der Waals surface area contributed by atoms with Crippen LogP contribution in [0.5, 0.6) is 0 Å². The molecule has 30 heavy (non-hydrogen) atoms. The monoisotopic (exact) mass is 482 g/mol. The molecule has 3 aromatic rings. The second kappa shape index (κ2) is 9.62. The van der Waals surface area contributed by atoms with E-state index >= 15 is 0 Å². The van der Waals surface area contributed by atoms with Gasteiger partial charge in [0.25, 0.3) is 0 Å². The Kier molecular flexibility index (Phi) is 6.90. The average molecular weight is 483 g/mol. The zero-order valence-electron chi connectivity index (χ0n) is 16.2. The van der Waals surface area contributed by atoms with Crippen LogP contribution in [0.15, 0.2) is 23.6 Å². The van der Waals surface area contributed by atoms with Crippen molar-refractivity contribution in [2.75, 3.05) is 17.2 Å². The summed E-state index contributed by atoms with van der Waals surface area (Å²) in [4.78, 5) is 22.4. The highest BCUT2D eigenvalue weighted by Crippen LogP contribution is 2.36. The van der Waals surface area contributed by atoms with E-state index in [-0.39, 0.29) is 12.0 Å². The van der Waals surface area contributed by atoms with Gasteiger partial charge in [0.2, 0.25) is 5.91 Å². The van der Waals surface area contributed by atoms with Crippen molar-refractivity contribution in [1.82, 2.24) is 9.97 Å². The third-order valence-electron chi connectivity index (χ3n) is 4.64. The fraction of sp³-hybridized carbons (Fsp3) is 0.350. The van der Waals surface area contributed by atoms with Crippen LogP contribution in [0, 0.1) is 6.92 Å². The summed E-state index contributed by atoms with van der Waals surface area (Å²) in [5.74, 6) is -0.0672. The average Bonchev–Trinajstić information content (AvgIpc) is 3.31. The summed E-state index contributed by atoms with van der Waals surface area (Å²) >= 11 is 14.9. The van der Waals surface area contributed by atoms with Gasteiger partial charge in [0.05, 0.1) is 38.8 Å². The lowest BCUT2D eigenvalue weighted by atomic mass is 10.1. The van der Waals surface area contributed by atoms with Crippen molar-refractivity contribution in [3.05, 3.63) is 39.3 Å². The fourth-order valence-electron chi connectivity index (χ4n) is 3.17. The van der Waals surface area contributed by atoms with Gasteiger partial charge < -0.3 is 15.4 Å². The predicted octanol–water partition coefficient (Wildman–Crippen LogP) is 6.52. The predicted molar refractivity (Wildman–Crippen MR) is 125 cm³/mol. The molecule has 3 heterocycles. The first-order chi connectivity index (χ1) is 14.5. The number of carbonyl (C=O) groups is 1. The van der Waals surface area contributed by atoms with Gasteiger partial charge >= 0.3 is 0 Å². The Balaban J connectivity index is 1.41. The third-order valence-corrected chi connectivity index (χ3v) is 7.23. The van der Waals surface area contributed by atoms with Crippen LogP contribution in [0.4, 0.5) is 16.0 Å². The van der Waals surface area contributed by atoms with E-state index in [2.05, 4.69) is 20.6 Å². The Morgan fingerprint density at radius 2 is 2.10 bits per heavy atom. The van der Waals surface area contributed by atoms with E-state index in [0.29, 0.717) is 21.6 Å². The number of rotatable bonds is 6. The molecular weight excluding hydrogens is 463 g/mol. The van der Waals surface area contributed by atoms with Crippen molar-refractivity contribution < 1.29 is 9.53 Å². The van der Waals surface area contributed by atoms with Crippen molar-refractivity contribution in [1.29, 1.82) is 0 Å². The van der Waals surface area contributed by atoms with Crippen LogP contribution in [-0.4, -0.2) is 28.6 Å². The number of nitrogens with one attached hydrogen (secondary N) is 2. The molecule has 1 aliphatic heterocycles. The normalized spacial score (nSPS) is 16.4. The molecule has 2 N–H and O–H groups in total. The highest BCUT2D eigenvalue weighted by Gasteiger charge is 2.20.